The van der Waals surface area contributed by atoms with Crippen molar-refractivity contribution in [3.05, 3.63) is 64.5 Å². The number of carbonyl (C=O) groups is 1. The second kappa shape index (κ2) is 7.75. The molecule has 2 aliphatic heterocycles. The molecular formula is C26H27N5O. The van der Waals surface area contributed by atoms with E-state index in [1.54, 1.807) is 24.3 Å². The van der Waals surface area contributed by atoms with Gasteiger partial charge in [-0.25, -0.2) is 4.98 Å². The number of hydrogen-bond donors (Lipinski definition) is 0. The lowest BCUT2D eigenvalue weighted by atomic mass is 9.91. The molecule has 0 N–H and O–H groups in total. The minimum atomic E-state index is 0.0310. The van der Waals surface area contributed by atoms with Crippen LogP contribution in [0.2, 0.25) is 0 Å². The summed E-state index contributed by atoms with van der Waals surface area (Å²) in [6.45, 7) is 4.54. The second-order valence-corrected chi connectivity index (χ2v) is 9.33. The molecule has 1 saturated carbocycles. The third-order valence-electron chi connectivity index (χ3n) is 7.53. The molecule has 0 bridgehead atoms. The molecule has 1 aliphatic carbocycles. The number of fused-ring (bicyclic) bond motifs is 4. The Hall–Kier alpha value is -3.17. The first-order valence-corrected chi connectivity index (χ1v) is 11.7. The van der Waals surface area contributed by atoms with Gasteiger partial charge in [0, 0.05) is 50.7 Å². The molecule has 3 aromatic rings. The Morgan fingerprint density at radius 3 is 2.59 bits per heavy atom. The van der Waals surface area contributed by atoms with E-state index >= 15 is 0 Å². The normalized spacial score (nSPS) is 19.0. The standard InChI is InChI=1S/C26H27N5O/c27-16-18-4-6-19(7-5-18)26(32)30-10-8-20-14-23-24(15-21(20)17-30)31-13-12-29(22-2-1-3-22)11-9-25(31)28-23/h4-7,14-15,22H,1-3,8-13,17H2. The summed E-state index contributed by atoms with van der Waals surface area (Å²) < 4.78 is 2.41. The molecule has 0 saturated heterocycles. The lowest BCUT2D eigenvalue weighted by Gasteiger charge is -2.36. The molecule has 6 heteroatoms. The maximum Gasteiger partial charge on any atom is 0.254 e. The third-order valence-corrected chi connectivity index (χ3v) is 7.53. The molecule has 0 spiro atoms. The molecule has 1 amide bonds. The van der Waals surface area contributed by atoms with Crippen LogP contribution in [0.3, 0.4) is 0 Å². The van der Waals surface area contributed by atoms with E-state index < -0.39 is 0 Å². The first-order valence-electron chi connectivity index (χ1n) is 11.7. The monoisotopic (exact) mass is 425 g/mol. The highest BCUT2D eigenvalue weighted by Gasteiger charge is 2.28. The largest absolute Gasteiger partial charge is 0.334 e. The van der Waals surface area contributed by atoms with E-state index in [4.69, 9.17) is 10.2 Å². The van der Waals surface area contributed by atoms with Gasteiger partial charge in [0.15, 0.2) is 0 Å². The summed E-state index contributed by atoms with van der Waals surface area (Å²) in [7, 11) is 0. The fourth-order valence-electron chi connectivity index (χ4n) is 5.41. The average molecular weight is 426 g/mol. The fourth-order valence-corrected chi connectivity index (χ4v) is 5.41. The van der Waals surface area contributed by atoms with E-state index in [9.17, 15) is 4.79 Å². The van der Waals surface area contributed by atoms with Gasteiger partial charge in [-0.05, 0) is 66.8 Å². The van der Waals surface area contributed by atoms with E-state index in [2.05, 4.69) is 27.7 Å². The molecule has 1 aromatic heterocycles. The Morgan fingerprint density at radius 1 is 1.00 bits per heavy atom. The first-order chi connectivity index (χ1) is 15.7. The fraction of sp³-hybridized carbons (Fsp3) is 0.423. The number of carbonyl (C=O) groups excluding carboxylic acids is 1. The summed E-state index contributed by atoms with van der Waals surface area (Å²) in [6.07, 6.45) is 5.93. The lowest BCUT2D eigenvalue weighted by molar-refractivity contribution is 0.0735. The van der Waals surface area contributed by atoms with Crippen LogP contribution in [-0.2, 0) is 25.9 Å². The van der Waals surface area contributed by atoms with Gasteiger partial charge in [-0.15, -0.1) is 0 Å². The van der Waals surface area contributed by atoms with Crippen molar-refractivity contribution in [3.63, 3.8) is 0 Å². The van der Waals surface area contributed by atoms with Crippen LogP contribution in [0.1, 0.15) is 52.1 Å². The second-order valence-electron chi connectivity index (χ2n) is 9.33. The molecule has 162 valence electrons. The minimum absolute atomic E-state index is 0.0310. The van der Waals surface area contributed by atoms with Crippen molar-refractivity contribution in [2.75, 3.05) is 19.6 Å². The molecule has 1 fully saturated rings. The van der Waals surface area contributed by atoms with Crippen LogP contribution in [0, 0.1) is 11.3 Å². The van der Waals surface area contributed by atoms with Crippen molar-refractivity contribution in [3.8, 4) is 6.07 Å². The van der Waals surface area contributed by atoms with E-state index in [-0.39, 0.29) is 5.91 Å². The van der Waals surface area contributed by atoms with Crippen LogP contribution < -0.4 is 0 Å². The molecule has 3 aliphatic rings. The summed E-state index contributed by atoms with van der Waals surface area (Å²) in [5.41, 5.74) is 6.07. The molecule has 2 aromatic carbocycles. The van der Waals surface area contributed by atoms with Crippen molar-refractivity contribution in [1.29, 1.82) is 5.26 Å². The van der Waals surface area contributed by atoms with Crippen molar-refractivity contribution < 1.29 is 4.79 Å². The van der Waals surface area contributed by atoms with Crippen molar-refractivity contribution in [2.45, 2.75) is 51.2 Å². The van der Waals surface area contributed by atoms with Gasteiger partial charge in [-0.1, -0.05) is 6.42 Å². The molecular weight excluding hydrogens is 398 g/mol. The van der Waals surface area contributed by atoms with Gasteiger partial charge in [0.05, 0.1) is 22.7 Å². The van der Waals surface area contributed by atoms with Gasteiger partial charge >= 0.3 is 0 Å². The molecule has 0 atom stereocenters. The zero-order chi connectivity index (χ0) is 21.7. The van der Waals surface area contributed by atoms with Crippen LogP contribution in [0.25, 0.3) is 11.0 Å². The smallest absolute Gasteiger partial charge is 0.254 e. The van der Waals surface area contributed by atoms with Gasteiger partial charge in [0.2, 0.25) is 0 Å². The Morgan fingerprint density at radius 2 is 1.84 bits per heavy atom. The van der Waals surface area contributed by atoms with Gasteiger partial charge < -0.3 is 9.47 Å². The average Bonchev–Trinajstić information content (AvgIpc) is 3.00. The van der Waals surface area contributed by atoms with Crippen LogP contribution in [0.4, 0.5) is 0 Å². The minimum Gasteiger partial charge on any atom is -0.334 e. The number of nitriles is 1. The lowest BCUT2D eigenvalue weighted by Crippen LogP contribution is -2.41. The molecule has 3 heterocycles. The molecule has 0 unspecified atom stereocenters. The number of nitrogens with zero attached hydrogens (tertiary/aromatic N) is 5. The number of amides is 1. The van der Waals surface area contributed by atoms with Gasteiger partial charge in [0.1, 0.15) is 5.82 Å². The molecule has 32 heavy (non-hydrogen) atoms. The SMILES string of the molecule is N#Cc1ccc(C(=O)N2CCc3cc4nc5n(c4cc3C2)CCN(C2CCC2)CC5)cc1. The van der Waals surface area contributed by atoms with Crippen molar-refractivity contribution in [1.82, 2.24) is 19.4 Å². The summed E-state index contributed by atoms with van der Waals surface area (Å²) in [6, 6.07) is 14.3. The van der Waals surface area contributed by atoms with Crippen LogP contribution >= 0.6 is 0 Å². The zero-order valence-corrected chi connectivity index (χ0v) is 18.3. The number of rotatable bonds is 2. The Bertz CT molecular complexity index is 1230. The van der Waals surface area contributed by atoms with Crippen LogP contribution in [0.5, 0.6) is 0 Å². The zero-order valence-electron chi connectivity index (χ0n) is 18.3. The molecule has 6 rings (SSSR count). The van der Waals surface area contributed by atoms with E-state index in [0.717, 1.165) is 44.0 Å². The van der Waals surface area contributed by atoms with Crippen LogP contribution in [0.15, 0.2) is 36.4 Å². The highest BCUT2D eigenvalue weighted by atomic mass is 16.2. The van der Waals surface area contributed by atoms with E-state index in [0.29, 0.717) is 24.2 Å². The predicted molar refractivity (Wildman–Crippen MR) is 122 cm³/mol. The summed E-state index contributed by atoms with van der Waals surface area (Å²) in [5.74, 6) is 1.23. The van der Waals surface area contributed by atoms with Crippen LogP contribution in [-0.4, -0.2) is 50.9 Å². The number of hydrogen-bond acceptors (Lipinski definition) is 4. The Balaban J connectivity index is 1.26. The predicted octanol–water partition coefficient (Wildman–Crippen LogP) is 3.52. The molecule has 0 radical (unpaired) electrons. The molecule has 6 nitrogen and oxygen atoms in total. The maximum absolute atomic E-state index is 13.1. The van der Waals surface area contributed by atoms with E-state index in [1.807, 2.05) is 4.90 Å². The number of benzene rings is 2. The van der Waals surface area contributed by atoms with Gasteiger partial charge in [-0.3, -0.25) is 9.69 Å². The highest BCUT2D eigenvalue weighted by molar-refractivity contribution is 5.94. The van der Waals surface area contributed by atoms with Gasteiger partial charge in [-0.2, -0.15) is 5.26 Å². The highest BCUT2D eigenvalue weighted by Crippen LogP contribution is 2.30. The Kier molecular flexibility index (Phi) is 4.73. The quantitative estimate of drug-likeness (QED) is 0.630. The summed E-state index contributed by atoms with van der Waals surface area (Å²) >= 11 is 0. The van der Waals surface area contributed by atoms with Crippen molar-refractivity contribution >= 4 is 16.9 Å². The van der Waals surface area contributed by atoms with Gasteiger partial charge in [0.25, 0.3) is 5.91 Å². The summed E-state index contributed by atoms with van der Waals surface area (Å²) in [5, 5.41) is 9.00. The number of imidazole rings is 1. The first kappa shape index (κ1) is 19.5. The third kappa shape index (κ3) is 3.28. The topological polar surface area (TPSA) is 65.2 Å². The van der Waals surface area contributed by atoms with Crippen molar-refractivity contribution in [2.24, 2.45) is 0 Å². The Labute approximate surface area is 188 Å². The maximum atomic E-state index is 13.1. The van der Waals surface area contributed by atoms with E-state index in [1.165, 1.54) is 41.7 Å². The number of aromatic nitrogens is 2. The summed E-state index contributed by atoms with van der Waals surface area (Å²) in [4.78, 5) is 22.6.